The molecule has 5 heteroatoms. The Balaban J connectivity index is 2.07. The normalized spacial score (nSPS) is 29.4. The maximum atomic E-state index is 11.1. The van der Waals surface area contributed by atoms with Crippen molar-refractivity contribution in [3.63, 3.8) is 0 Å². The molecular weight excluding hydrogens is 232 g/mol. The second-order valence-electron chi connectivity index (χ2n) is 5.27. The Labute approximate surface area is 104 Å². The number of nitro groups is 1. The largest absolute Gasteiger partial charge is 0.272 e. The van der Waals surface area contributed by atoms with Crippen molar-refractivity contribution in [3.8, 4) is 0 Å². The maximum absolute atomic E-state index is 11.1. The van der Waals surface area contributed by atoms with Gasteiger partial charge in [-0.25, -0.2) is 0 Å². The molecule has 1 aromatic carbocycles. The van der Waals surface area contributed by atoms with E-state index in [1.54, 1.807) is 12.1 Å². The summed E-state index contributed by atoms with van der Waals surface area (Å²) in [4.78, 5) is 21.7. The summed E-state index contributed by atoms with van der Waals surface area (Å²) in [6.07, 6.45) is 3.36. The third-order valence-corrected chi connectivity index (χ3v) is 4.39. The van der Waals surface area contributed by atoms with Crippen LogP contribution in [-0.4, -0.2) is 11.0 Å². The van der Waals surface area contributed by atoms with Gasteiger partial charge < -0.3 is 0 Å². The first-order valence-electron chi connectivity index (χ1n) is 6.28. The molecule has 0 spiro atoms. The Bertz CT molecular complexity index is 515. The lowest BCUT2D eigenvalue weighted by Crippen LogP contribution is -2.18. The van der Waals surface area contributed by atoms with Crippen LogP contribution in [0.15, 0.2) is 23.4 Å². The van der Waals surface area contributed by atoms with E-state index < -0.39 is 0 Å². The van der Waals surface area contributed by atoms with E-state index in [-0.39, 0.29) is 28.5 Å². The molecule has 3 unspecified atom stereocenters. The fourth-order valence-electron chi connectivity index (χ4n) is 3.54. The van der Waals surface area contributed by atoms with Gasteiger partial charge in [0, 0.05) is 11.6 Å². The van der Waals surface area contributed by atoms with E-state index in [9.17, 15) is 15.0 Å². The Hall–Kier alpha value is -1.78. The van der Waals surface area contributed by atoms with E-state index >= 15 is 0 Å². The van der Waals surface area contributed by atoms with E-state index in [1.165, 1.54) is 0 Å². The molecule has 0 radical (unpaired) electrons. The fourth-order valence-corrected chi connectivity index (χ4v) is 3.54. The van der Waals surface area contributed by atoms with Crippen LogP contribution in [0.2, 0.25) is 0 Å². The molecule has 0 aromatic heterocycles. The van der Waals surface area contributed by atoms with Gasteiger partial charge in [0.2, 0.25) is 0 Å². The zero-order chi connectivity index (χ0) is 12.7. The minimum absolute atomic E-state index is 0.156. The monoisotopic (exact) mass is 246 g/mol. The third kappa shape index (κ3) is 1.62. The van der Waals surface area contributed by atoms with Crippen LogP contribution in [0, 0.1) is 26.9 Å². The van der Waals surface area contributed by atoms with E-state index in [2.05, 4.69) is 5.18 Å². The fraction of sp³-hybridized carbons (Fsp3) is 0.538. The molecular formula is C13H14N2O3. The van der Waals surface area contributed by atoms with Crippen LogP contribution in [0.4, 0.5) is 5.69 Å². The maximum Gasteiger partial charge on any atom is 0.272 e. The molecule has 5 nitrogen and oxygen atoms in total. The number of fused-ring (bicyclic) bond motifs is 3. The van der Waals surface area contributed by atoms with Gasteiger partial charge in [-0.2, -0.15) is 4.91 Å². The van der Waals surface area contributed by atoms with Gasteiger partial charge in [0.05, 0.1) is 11.0 Å². The average molecular weight is 246 g/mol. The zero-order valence-corrected chi connectivity index (χ0v) is 9.91. The van der Waals surface area contributed by atoms with Gasteiger partial charge in [0.15, 0.2) is 0 Å². The second kappa shape index (κ2) is 4.15. The third-order valence-electron chi connectivity index (χ3n) is 4.39. The summed E-state index contributed by atoms with van der Waals surface area (Å²) in [5, 5.41) is 14.3. The molecule has 0 amide bonds. The Kier molecular flexibility index (Phi) is 2.61. The van der Waals surface area contributed by atoms with Crippen molar-refractivity contribution in [1.82, 2.24) is 0 Å². The summed E-state index contributed by atoms with van der Waals surface area (Å²) >= 11 is 0. The van der Waals surface area contributed by atoms with E-state index in [1.807, 2.05) is 6.07 Å². The summed E-state index contributed by atoms with van der Waals surface area (Å²) in [7, 11) is 0. The van der Waals surface area contributed by atoms with Gasteiger partial charge in [-0.15, -0.1) is 0 Å². The van der Waals surface area contributed by atoms with Crippen molar-refractivity contribution in [2.24, 2.45) is 17.0 Å². The van der Waals surface area contributed by atoms with E-state index in [0.29, 0.717) is 6.42 Å². The van der Waals surface area contributed by atoms with Crippen LogP contribution < -0.4 is 0 Å². The van der Waals surface area contributed by atoms with Crippen LogP contribution in [0.5, 0.6) is 0 Å². The predicted molar refractivity (Wildman–Crippen MR) is 66.3 cm³/mol. The number of rotatable bonds is 2. The highest BCUT2D eigenvalue weighted by Gasteiger charge is 2.41. The summed E-state index contributed by atoms with van der Waals surface area (Å²) in [6.45, 7) is 0. The predicted octanol–water partition coefficient (Wildman–Crippen LogP) is 2.85. The molecule has 1 aromatic rings. The van der Waals surface area contributed by atoms with Gasteiger partial charge in [0.25, 0.3) is 5.69 Å². The smallest absolute Gasteiger partial charge is 0.258 e. The standard InChI is InChI=1S/C13H14N2O3/c16-14-13-9-4-5-10(13)7-11-8(6-9)2-1-3-12(11)15(17)18/h1-3,9-10,13H,4-7H2. The van der Waals surface area contributed by atoms with Crippen LogP contribution in [0.25, 0.3) is 0 Å². The zero-order valence-electron chi connectivity index (χ0n) is 9.91. The molecule has 0 aliphatic heterocycles. The second-order valence-corrected chi connectivity index (χ2v) is 5.27. The lowest BCUT2D eigenvalue weighted by molar-refractivity contribution is -0.385. The number of hydrogen-bond donors (Lipinski definition) is 0. The Morgan fingerprint density at radius 1 is 1.22 bits per heavy atom. The molecule has 18 heavy (non-hydrogen) atoms. The van der Waals surface area contributed by atoms with Crippen LogP contribution in [0.1, 0.15) is 24.0 Å². The van der Waals surface area contributed by atoms with Crippen molar-refractivity contribution in [1.29, 1.82) is 0 Å². The summed E-state index contributed by atoms with van der Waals surface area (Å²) in [5.41, 5.74) is 2.05. The number of benzene rings is 1. The highest BCUT2D eigenvalue weighted by Crippen LogP contribution is 2.43. The molecule has 0 heterocycles. The summed E-state index contributed by atoms with van der Waals surface area (Å²) in [6, 6.07) is 5.09. The Morgan fingerprint density at radius 2 is 1.94 bits per heavy atom. The van der Waals surface area contributed by atoms with E-state index in [4.69, 9.17) is 0 Å². The average Bonchev–Trinajstić information content (AvgIpc) is 2.63. The Morgan fingerprint density at radius 3 is 2.61 bits per heavy atom. The molecule has 94 valence electrons. The topological polar surface area (TPSA) is 72.6 Å². The lowest BCUT2D eigenvalue weighted by Gasteiger charge is -2.12. The summed E-state index contributed by atoms with van der Waals surface area (Å²) in [5.74, 6) is 0.464. The van der Waals surface area contributed by atoms with Crippen LogP contribution in [0.3, 0.4) is 0 Å². The van der Waals surface area contributed by atoms with Gasteiger partial charge in [-0.1, -0.05) is 17.3 Å². The minimum atomic E-state index is -0.318. The van der Waals surface area contributed by atoms with Gasteiger partial charge in [0.1, 0.15) is 0 Å². The first-order valence-corrected chi connectivity index (χ1v) is 6.28. The van der Waals surface area contributed by atoms with Crippen molar-refractivity contribution < 1.29 is 4.92 Å². The molecule has 2 aliphatic carbocycles. The number of nitroso groups, excluding NO2 is 1. The molecule has 0 saturated heterocycles. The number of nitro benzene ring substituents is 1. The van der Waals surface area contributed by atoms with Gasteiger partial charge in [-0.05, 0) is 43.1 Å². The SMILES string of the molecule is O=NC1C2CCC1Cc1c(cccc1[N+](=O)[O-])C2. The van der Waals surface area contributed by atoms with Crippen LogP contribution >= 0.6 is 0 Å². The van der Waals surface area contributed by atoms with Crippen molar-refractivity contribution in [3.05, 3.63) is 44.3 Å². The highest BCUT2D eigenvalue weighted by molar-refractivity contribution is 5.47. The van der Waals surface area contributed by atoms with Gasteiger partial charge in [-0.3, -0.25) is 10.1 Å². The first-order chi connectivity index (χ1) is 8.70. The molecule has 1 saturated carbocycles. The minimum Gasteiger partial charge on any atom is -0.258 e. The molecule has 3 rings (SSSR count). The summed E-state index contributed by atoms with van der Waals surface area (Å²) < 4.78 is 0. The first kappa shape index (κ1) is 11.3. The quantitative estimate of drug-likeness (QED) is 0.457. The lowest BCUT2D eigenvalue weighted by atomic mass is 9.92. The highest BCUT2D eigenvalue weighted by atomic mass is 16.6. The van der Waals surface area contributed by atoms with Crippen molar-refractivity contribution in [2.45, 2.75) is 31.7 Å². The molecule has 1 fully saturated rings. The number of hydrogen-bond acceptors (Lipinski definition) is 4. The van der Waals surface area contributed by atoms with Crippen molar-refractivity contribution in [2.75, 3.05) is 0 Å². The molecule has 3 atom stereocenters. The van der Waals surface area contributed by atoms with E-state index in [0.717, 1.165) is 30.4 Å². The number of nitrogens with zero attached hydrogens (tertiary/aromatic N) is 2. The van der Waals surface area contributed by atoms with Crippen molar-refractivity contribution >= 4 is 5.69 Å². The molecule has 2 aliphatic rings. The molecule has 0 N–H and O–H groups in total. The van der Waals surface area contributed by atoms with Gasteiger partial charge >= 0.3 is 0 Å². The van der Waals surface area contributed by atoms with Crippen LogP contribution in [-0.2, 0) is 12.8 Å². The molecule has 2 bridgehead atoms.